The zero-order valence-corrected chi connectivity index (χ0v) is 15.9. The zero-order valence-electron chi connectivity index (χ0n) is 15.1. The van der Waals surface area contributed by atoms with E-state index in [0.717, 1.165) is 30.0 Å². The Morgan fingerprint density at radius 3 is 2.46 bits per heavy atom. The third-order valence-corrected chi connectivity index (χ3v) is 3.75. The van der Waals surface area contributed by atoms with Crippen molar-refractivity contribution in [3.05, 3.63) is 54.1 Å². The summed E-state index contributed by atoms with van der Waals surface area (Å²) in [6.07, 6.45) is 1.86. The zero-order chi connectivity index (χ0) is 18.8. The van der Waals surface area contributed by atoms with Gasteiger partial charge in [-0.3, -0.25) is 0 Å². The summed E-state index contributed by atoms with van der Waals surface area (Å²) >= 11 is 5.35. The Morgan fingerprint density at radius 2 is 1.77 bits per heavy atom. The number of para-hydroxylation sites is 2. The third-order valence-electron chi connectivity index (χ3n) is 3.54. The first-order chi connectivity index (χ1) is 12.6. The minimum atomic E-state index is -0.309. The Morgan fingerprint density at radius 1 is 1.04 bits per heavy atom. The Kier molecular flexibility index (Phi) is 7.89. The molecule has 0 saturated carbocycles. The molecule has 0 aliphatic carbocycles. The second-order valence-corrected chi connectivity index (χ2v) is 5.98. The van der Waals surface area contributed by atoms with E-state index < -0.39 is 0 Å². The molecule has 0 radical (unpaired) electrons. The van der Waals surface area contributed by atoms with Crippen molar-refractivity contribution in [1.82, 2.24) is 0 Å². The fourth-order valence-corrected chi connectivity index (χ4v) is 2.45. The first-order valence-corrected chi connectivity index (χ1v) is 9.12. The number of anilines is 2. The highest BCUT2D eigenvalue weighted by Gasteiger charge is 2.08. The van der Waals surface area contributed by atoms with Crippen LogP contribution in [-0.2, 0) is 4.74 Å². The number of rotatable bonds is 8. The van der Waals surface area contributed by atoms with Gasteiger partial charge in [0.25, 0.3) is 0 Å². The lowest BCUT2D eigenvalue weighted by molar-refractivity contribution is 0.0500. The molecule has 0 aliphatic heterocycles. The largest absolute Gasteiger partial charge is 0.492 e. The van der Waals surface area contributed by atoms with Crippen LogP contribution in [0.15, 0.2) is 48.5 Å². The second kappa shape index (κ2) is 10.4. The summed E-state index contributed by atoms with van der Waals surface area (Å²) in [7, 11) is 0. The van der Waals surface area contributed by atoms with Crippen LogP contribution in [0.3, 0.4) is 0 Å². The number of carbonyl (C=O) groups is 1. The van der Waals surface area contributed by atoms with Gasteiger partial charge in [-0.25, -0.2) is 4.79 Å². The molecule has 2 aromatic rings. The molecule has 2 aromatic carbocycles. The van der Waals surface area contributed by atoms with Gasteiger partial charge in [-0.15, -0.1) is 0 Å². The Hall–Kier alpha value is -2.60. The van der Waals surface area contributed by atoms with Gasteiger partial charge in [0.15, 0.2) is 5.11 Å². The molecule has 0 atom stereocenters. The van der Waals surface area contributed by atoms with Gasteiger partial charge in [0.1, 0.15) is 5.75 Å². The van der Waals surface area contributed by atoms with E-state index in [9.17, 15) is 4.79 Å². The minimum absolute atomic E-state index is 0.309. The number of nitrogens with one attached hydrogen (secondary N) is 2. The van der Waals surface area contributed by atoms with Crippen LogP contribution in [-0.4, -0.2) is 24.3 Å². The first kappa shape index (κ1) is 19.7. The molecule has 138 valence electrons. The highest BCUT2D eigenvalue weighted by atomic mass is 32.1. The predicted octanol–water partition coefficient (Wildman–Crippen LogP) is 4.85. The number of hydrogen-bond donors (Lipinski definition) is 2. The second-order valence-electron chi connectivity index (χ2n) is 5.58. The highest BCUT2D eigenvalue weighted by molar-refractivity contribution is 7.80. The monoisotopic (exact) mass is 372 g/mol. The normalized spacial score (nSPS) is 10.1. The average molecular weight is 372 g/mol. The van der Waals surface area contributed by atoms with E-state index in [-0.39, 0.29) is 5.97 Å². The van der Waals surface area contributed by atoms with Crippen LogP contribution in [0.4, 0.5) is 11.4 Å². The van der Waals surface area contributed by atoms with Gasteiger partial charge in [0, 0.05) is 5.69 Å². The van der Waals surface area contributed by atoms with Crippen molar-refractivity contribution in [2.45, 2.75) is 26.7 Å². The average Bonchev–Trinajstić information content (AvgIpc) is 2.64. The maximum atomic E-state index is 11.9. The van der Waals surface area contributed by atoms with Crippen molar-refractivity contribution in [1.29, 1.82) is 0 Å². The van der Waals surface area contributed by atoms with Crippen molar-refractivity contribution in [3.8, 4) is 5.75 Å². The third kappa shape index (κ3) is 6.04. The number of unbranched alkanes of at least 4 members (excludes halogenated alkanes) is 1. The molecule has 5 nitrogen and oxygen atoms in total. The SMILES string of the molecule is CCCCOC(=O)c1ccc(NC(=S)Nc2ccccc2OCC)cc1. The molecule has 0 heterocycles. The fraction of sp³-hybridized carbons (Fsp3) is 0.300. The standard InChI is InChI=1S/C20H24N2O3S/c1-3-5-14-25-19(23)15-10-12-16(13-11-15)21-20(26)22-17-8-6-7-9-18(17)24-4-2/h6-13H,3-5,14H2,1-2H3,(H2,21,22,26). The van der Waals surface area contributed by atoms with Gasteiger partial charge in [-0.05, 0) is 62.0 Å². The van der Waals surface area contributed by atoms with Crippen LogP contribution in [0.5, 0.6) is 5.75 Å². The van der Waals surface area contributed by atoms with Crippen molar-refractivity contribution < 1.29 is 14.3 Å². The number of carbonyl (C=O) groups excluding carboxylic acids is 1. The van der Waals surface area contributed by atoms with E-state index >= 15 is 0 Å². The molecule has 2 N–H and O–H groups in total. The van der Waals surface area contributed by atoms with Gasteiger partial charge >= 0.3 is 5.97 Å². The molecule has 0 aliphatic rings. The van der Waals surface area contributed by atoms with Crippen LogP contribution in [0.1, 0.15) is 37.0 Å². The smallest absolute Gasteiger partial charge is 0.338 e. The predicted molar refractivity (Wildman–Crippen MR) is 109 cm³/mol. The van der Waals surface area contributed by atoms with Crippen molar-refractivity contribution in [3.63, 3.8) is 0 Å². The molecule has 0 aromatic heterocycles. The number of hydrogen-bond acceptors (Lipinski definition) is 4. The summed E-state index contributed by atoms with van der Waals surface area (Å²) in [6.45, 7) is 5.01. The maximum Gasteiger partial charge on any atom is 0.338 e. The molecule has 0 bridgehead atoms. The quantitative estimate of drug-likeness (QED) is 0.392. The summed E-state index contributed by atoms with van der Waals surface area (Å²) < 4.78 is 10.8. The van der Waals surface area contributed by atoms with Crippen LogP contribution in [0.25, 0.3) is 0 Å². The summed E-state index contributed by atoms with van der Waals surface area (Å²) in [6, 6.07) is 14.6. The maximum absolute atomic E-state index is 11.9. The van der Waals surface area contributed by atoms with Gasteiger partial charge in [0.2, 0.25) is 0 Å². The number of esters is 1. The Labute approximate surface area is 159 Å². The van der Waals surface area contributed by atoms with Gasteiger partial charge in [-0.2, -0.15) is 0 Å². The lowest BCUT2D eigenvalue weighted by Crippen LogP contribution is -2.19. The topological polar surface area (TPSA) is 59.6 Å². The summed E-state index contributed by atoms with van der Waals surface area (Å²) in [5, 5.41) is 6.65. The summed E-state index contributed by atoms with van der Waals surface area (Å²) in [4.78, 5) is 11.9. The molecule has 26 heavy (non-hydrogen) atoms. The Balaban J connectivity index is 1.92. The molecule has 2 rings (SSSR count). The van der Waals surface area contributed by atoms with Crippen LogP contribution < -0.4 is 15.4 Å². The molecule has 0 spiro atoms. The molecule has 0 fully saturated rings. The first-order valence-electron chi connectivity index (χ1n) is 8.71. The molecule has 0 amide bonds. The van der Waals surface area contributed by atoms with E-state index in [0.29, 0.717) is 23.9 Å². The van der Waals surface area contributed by atoms with Gasteiger partial charge in [-0.1, -0.05) is 25.5 Å². The lowest BCUT2D eigenvalue weighted by Gasteiger charge is -2.14. The van der Waals surface area contributed by atoms with E-state index in [1.807, 2.05) is 31.2 Å². The molecular formula is C20H24N2O3S. The van der Waals surface area contributed by atoms with E-state index in [1.165, 1.54) is 0 Å². The molecule has 0 unspecified atom stereocenters. The highest BCUT2D eigenvalue weighted by Crippen LogP contribution is 2.24. The van der Waals surface area contributed by atoms with Crippen molar-refractivity contribution in [2.75, 3.05) is 23.8 Å². The van der Waals surface area contributed by atoms with Crippen LogP contribution in [0, 0.1) is 0 Å². The van der Waals surface area contributed by atoms with Crippen molar-refractivity contribution in [2.24, 2.45) is 0 Å². The van der Waals surface area contributed by atoms with Gasteiger partial charge < -0.3 is 20.1 Å². The number of thiocarbonyl (C=S) groups is 1. The molecule has 6 heteroatoms. The molecular weight excluding hydrogens is 348 g/mol. The number of benzene rings is 2. The lowest BCUT2D eigenvalue weighted by atomic mass is 10.2. The van der Waals surface area contributed by atoms with E-state index in [4.69, 9.17) is 21.7 Å². The van der Waals surface area contributed by atoms with E-state index in [2.05, 4.69) is 17.6 Å². The Bertz CT molecular complexity index is 732. The van der Waals surface area contributed by atoms with E-state index in [1.54, 1.807) is 24.3 Å². The number of ether oxygens (including phenoxy) is 2. The van der Waals surface area contributed by atoms with Crippen LogP contribution >= 0.6 is 12.2 Å². The molecule has 0 saturated heterocycles. The summed E-state index contributed by atoms with van der Waals surface area (Å²) in [5.74, 6) is 0.431. The minimum Gasteiger partial charge on any atom is -0.492 e. The van der Waals surface area contributed by atoms with Crippen molar-refractivity contribution >= 4 is 34.7 Å². The summed E-state index contributed by atoms with van der Waals surface area (Å²) in [5.41, 5.74) is 2.09. The van der Waals surface area contributed by atoms with Gasteiger partial charge in [0.05, 0.1) is 24.5 Å². The van der Waals surface area contributed by atoms with Crippen LogP contribution in [0.2, 0.25) is 0 Å². The fourth-order valence-electron chi connectivity index (χ4n) is 2.22.